The van der Waals surface area contributed by atoms with Gasteiger partial charge >= 0.3 is 0 Å². The second-order valence-electron chi connectivity index (χ2n) is 5.77. The van der Waals surface area contributed by atoms with Crippen LogP contribution in [0.25, 0.3) is 20.8 Å². The van der Waals surface area contributed by atoms with Crippen molar-refractivity contribution in [1.82, 2.24) is 4.98 Å². The quantitative estimate of drug-likeness (QED) is 0.373. The third kappa shape index (κ3) is 4.08. The van der Waals surface area contributed by atoms with Crippen molar-refractivity contribution in [3.8, 4) is 10.6 Å². The fourth-order valence-corrected chi connectivity index (χ4v) is 3.95. The van der Waals surface area contributed by atoms with E-state index in [1.54, 1.807) is 17.4 Å². The Hall–Kier alpha value is -2.54. The molecule has 0 aliphatic carbocycles. The van der Waals surface area contributed by atoms with E-state index in [0.717, 1.165) is 26.5 Å². The van der Waals surface area contributed by atoms with Gasteiger partial charge in [-0.3, -0.25) is 0 Å². The van der Waals surface area contributed by atoms with Crippen molar-refractivity contribution >= 4 is 61.9 Å². The van der Waals surface area contributed by atoms with Gasteiger partial charge in [0.05, 0.1) is 15.2 Å². The predicted octanol–water partition coefficient (Wildman–Crippen LogP) is 6.56. The van der Waals surface area contributed by atoms with E-state index in [1.165, 1.54) is 12.1 Å². The van der Waals surface area contributed by atoms with Crippen molar-refractivity contribution in [2.45, 2.75) is 0 Å². The number of thiazole rings is 1. The van der Waals surface area contributed by atoms with Gasteiger partial charge in [0.2, 0.25) is 0 Å². The molecule has 4 rings (SSSR count). The van der Waals surface area contributed by atoms with E-state index in [9.17, 15) is 4.39 Å². The van der Waals surface area contributed by atoms with E-state index in [0.29, 0.717) is 10.8 Å². The molecule has 0 atom stereocenters. The molecule has 3 nitrogen and oxygen atoms in total. The maximum absolute atomic E-state index is 13.2. The first-order chi connectivity index (χ1) is 13.1. The highest BCUT2D eigenvalue weighted by molar-refractivity contribution is 7.80. The molecule has 134 valence electrons. The van der Waals surface area contributed by atoms with E-state index in [4.69, 9.17) is 23.8 Å². The first-order valence-corrected chi connectivity index (χ1v) is 9.68. The number of fused-ring (bicyclic) bond motifs is 1. The van der Waals surface area contributed by atoms with Gasteiger partial charge in [0.1, 0.15) is 10.8 Å². The average Bonchev–Trinajstić information content (AvgIpc) is 3.09. The molecule has 0 unspecified atom stereocenters. The van der Waals surface area contributed by atoms with Crippen molar-refractivity contribution in [2.24, 2.45) is 0 Å². The topological polar surface area (TPSA) is 37.0 Å². The van der Waals surface area contributed by atoms with Gasteiger partial charge in [-0.15, -0.1) is 11.3 Å². The molecule has 0 bridgehead atoms. The summed E-state index contributed by atoms with van der Waals surface area (Å²) >= 11 is 12.7. The average molecular weight is 414 g/mol. The molecule has 0 saturated heterocycles. The lowest BCUT2D eigenvalue weighted by atomic mass is 10.2. The van der Waals surface area contributed by atoms with Crippen molar-refractivity contribution in [2.75, 3.05) is 10.6 Å². The summed E-state index contributed by atoms with van der Waals surface area (Å²) in [4.78, 5) is 4.66. The van der Waals surface area contributed by atoms with Crippen LogP contribution in [0.2, 0.25) is 5.02 Å². The molecule has 27 heavy (non-hydrogen) atoms. The van der Waals surface area contributed by atoms with E-state index in [2.05, 4.69) is 21.7 Å². The summed E-state index contributed by atoms with van der Waals surface area (Å²) in [5.41, 5.74) is 3.50. The van der Waals surface area contributed by atoms with E-state index < -0.39 is 5.82 Å². The Morgan fingerprint density at radius 3 is 2.41 bits per heavy atom. The summed E-state index contributed by atoms with van der Waals surface area (Å²) in [6, 6.07) is 20.3. The van der Waals surface area contributed by atoms with Gasteiger partial charge in [0.25, 0.3) is 0 Å². The molecule has 0 amide bonds. The highest BCUT2D eigenvalue weighted by atomic mass is 35.5. The van der Waals surface area contributed by atoms with Gasteiger partial charge in [-0.1, -0.05) is 23.7 Å². The molecule has 3 aromatic carbocycles. The zero-order valence-corrected chi connectivity index (χ0v) is 16.3. The van der Waals surface area contributed by atoms with Crippen LogP contribution in [-0.4, -0.2) is 10.1 Å². The van der Waals surface area contributed by atoms with Crippen LogP contribution in [0.5, 0.6) is 0 Å². The molecular formula is C20H13ClFN3S2. The van der Waals surface area contributed by atoms with Gasteiger partial charge in [0.15, 0.2) is 5.11 Å². The number of halogens is 2. The summed E-state index contributed by atoms with van der Waals surface area (Å²) in [6.45, 7) is 0. The summed E-state index contributed by atoms with van der Waals surface area (Å²) < 4.78 is 14.4. The minimum Gasteiger partial charge on any atom is -0.332 e. The molecule has 2 N–H and O–H groups in total. The number of aromatic nitrogens is 1. The molecule has 7 heteroatoms. The summed E-state index contributed by atoms with van der Waals surface area (Å²) in [5.74, 6) is -0.466. The first-order valence-electron chi connectivity index (χ1n) is 8.07. The van der Waals surface area contributed by atoms with E-state index >= 15 is 0 Å². The van der Waals surface area contributed by atoms with Crippen molar-refractivity contribution in [1.29, 1.82) is 0 Å². The number of nitrogens with one attached hydrogen (secondary N) is 2. The third-order valence-corrected chi connectivity index (χ3v) is 5.44. The Morgan fingerprint density at radius 2 is 1.67 bits per heavy atom. The number of hydrogen-bond acceptors (Lipinski definition) is 3. The van der Waals surface area contributed by atoms with Gasteiger partial charge in [0, 0.05) is 16.9 Å². The lowest BCUT2D eigenvalue weighted by Crippen LogP contribution is -2.19. The Morgan fingerprint density at radius 1 is 0.963 bits per heavy atom. The Labute approximate surface area is 169 Å². The number of anilines is 2. The third-order valence-electron chi connectivity index (χ3n) is 3.86. The van der Waals surface area contributed by atoms with Gasteiger partial charge in [-0.25, -0.2) is 9.37 Å². The van der Waals surface area contributed by atoms with Gasteiger partial charge in [-0.05, 0) is 66.8 Å². The predicted molar refractivity (Wildman–Crippen MR) is 116 cm³/mol. The summed E-state index contributed by atoms with van der Waals surface area (Å²) in [5, 5.41) is 7.49. The van der Waals surface area contributed by atoms with Crippen LogP contribution >= 0.6 is 35.2 Å². The number of nitrogens with zero attached hydrogens (tertiary/aromatic N) is 1. The highest BCUT2D eigenvalue weighted by Crippen LogP contribution is 2.30. The van der Waals surface area contributed by atoms with E-state index in [-0.39, 0.29) is 5.02 Å². The van der Waals surface area contributed by atoms with Crippen molar-refractivity contribution < 1.29 is 4.39 Å². The second-order valence-corrected chi connectivity index (χ2v) is 7.62. The van der Waals surface area contributed by atoms with Crippen LogP contribution in [0.4, 0.5) is 15.8 Å². The molecular weight excluding hydrogens is 401 g/mol. The monoisotopic (exact) mass is 413 g/mol. The molecule has 0 fully saturated rings. The minimum absolute atomic E-state index is 0.0444. The number of thiocarbonyl (C=S) groups is 1. The molecule has 0 radical (unpaired) electrons. The minimum atomic E-state index is -0.466. The molecule has 1 heterocycles. The first kappa shape index (κ1) is 17.9. The van der Waals surface area contributed by atoms with E-state index in [1.807, 2.05) is 42.5 Å². The van der Waals surface area contributed by atoms with Crippen LogP contribution in [0.3, 0.4) is 0 Å². The number of benzene rings is 3. The Kier molecular flexibility index (Phi) is 5.03. The summed E-state index contributed by atoms with van der Waals surface area (Å²) in [7, 11) is 0. The normalized spacial score (nSPS) is 10.7. The number of para-hydroxylation sites is 1. The van der Waals surface area contributed by atoms with Crippen molar-refractivity contribution in [3.05, 3.63) is 77.6 Å². The molecule has 0 spiro atoms. The summed E-state index contributed by atoms with van der Waals surface area (Å²) in [6.07, 6.45) is 0. The Bertz CT molecular complexity index is 1090. The molecule has 0 aliphatic rings. The van der Waals surface area contributed by atoms with Crippen molar-refractivity contribution in [3.63, 3.8) is 0 Å². The van der Waals surface area contributed by atoms with Crippen LogP contribution in [0.15, 0.2) is 66.7 Å². The lowest BCUT2D eigenvalue weighted by molar-refractivity contribution is 0.628. The van der Waals surface area contributed by atoms with Gasteiger partial charge < -0.3 is 10.6 Å². The smallest absolute Gasteiger partial charge is 0.175 e. The SMILES string of the molecule is Fc1ccc(NC(=S)Nc2ccc(-c3nc4ccccc4s3)cc2)cc1Cl. The number of hydrogen-bond donors (Lipinski definition) is 2. The van der Waals surface area contributed by atoms with Crippen LogP contribution in [0, 0.1) is 5.82 Å². The fraction of sp³-hybridized carbons (Fsp3) is 0. The lowest BCUT2D eigenvalue weighted by Gasteiger charge is -2.11. The maximum atomic E-state index is 13.2. The molecule has 1 aromatic heterocycles. The molecule has 0 saturated carbocycles. The van der Waals surface area contributed by atoms with Crippen LogP contribution in [-0.2, 0) is 0 Å². The highest BCUT2D eigenvalue weighted by Gasteiger charge is 2.07. The standard InChI is InChI=1S/C20H13ClFN3S2/c21-15-11-14(9-10-16(15)22)24-20(26)23-13-7-5-12(6-8-13)19-25-17-3-1-2-4-18(17)27-19/h1-11H,(H2,23,24,26). The van der Waals surface area contributed by atoms with Crippen LogP contribution < -0.4 is 10.6 Å². The Balaban J connectivity index is 1.45. The van der Waals surface area contributed by atoms with Crippen LogP contribution in [0.1, 0.15) is 0 Å². The van der Waals surface area contributed by atoms with Gasteiger partial charge in [-0.2, -0.15) is 0 Å². The second kappa shape index (κ2) is 7.60. The number of rotatable bonds is 3. The molecule has 0 aliphatic heterocycles. The zero-order valence-electron chi connectivity index (χ0n) is 13.9. The largest absolute Gasteiger partial charge is 0.332 e. The zero-order chi connectivity index (χ0) is 18.8. The molecule has 4 aromatic rings. The maximum Gasteiger partial charge on any atom is 0.175 e. The fourth-order valence-electron chi connectivity index (χ4n) is 2.56.